The summed E-state index contributed by atoms with van der Waals surface area (Å²) in [6, 6.07) is 0.834. The van der Waals surface area contributed by atoms with Crippen LogP contribution in [0.3, 0.4) is 0 Å². The molecule has 80 valence electrons. The summed E-state index contributed by atoms with van der Waals surface area (Å²) in [5, 5.41) is 0. The highest BCUT2D eigenvalue weighted by molar-refractivity contribution is 6.18. The van der Waals surface area contributed by atoms with Crippen LogP contribution in [0.2, 0.25) is 0 Å². The van der Waals surface area contributed by atoms with Gasteiger partial charge < -0.3 is 4.90 Å². The van der Waals surface area contributed by atoms with Crippen LogP contribution in [0.1, 0.15) is 19.3 Å². The standard InChI is InChI=1S/C10H17ClN2O/c11-4-3-10(14)13-7-5-12(6-8-13)9-1-2-9/h9H,1-8H2. The summed E-state index contributed by atoms with van der Waals surface area (Å²) in [6.07, 6.45) is 3.20. The normalized spacial score (nSPS) is 23.9. The zero-order chi connectivity index (χ0) is 9.97. The van der Waals surface area contributed by atoms with Crippen molar-refractivity contribution in [3.05, 3.63) is 0 Å². The third kappa shape index (κ3) is 2.39. The first kappa shape index (κ1) is 10.2. The van der Waals surface area contributed by atoms with E-state index in [2.05, 4.69) is 4.90 Å². The van der Waals surface area contributed by atoms with E-state index in [4.69, 9.17) is 11.6 Å². The summed E-state index contributed by atoms with van der Waals surface area (Å²) >= 11 is 5.55. The lowest BCUT2D eigenvalue weighted by Gasteiger charge is -2.34. The Morgan fingerprint density at radius 1 is 1.21 bits per heavy atom. The second-order valence-electron chi connectivity index (χ2n) is 4.09. The summed E-state index contributed by atoms with van der Waals surface area (Å²) < 4.78 is 0. The van der Waals surface area contributed by atoms with Gasteiger partial charge in [-0.15, -0.1) is 11.6 Å². The van der Waals surface area contributed by atoms with Gasteiger partial charge >= 0.3 is 0 Å². The number of hydrogen-bond donors (Lipinski definition) is 0. The van der Waals surface area contributed by atoms with Crippen LogP contribution < -0.4 is 0 Å². The van der Waals surface area contributed by atoms with Crippen molar-refractivity contribution in [1.29, 1.82) is 0 Å². The molecule has 0 spiro atoms. The van der Waals surface area contributed by atoms with E-state index >= 15 is 0 Å². The van der Waals surface area contributed by atoms with Crippen molar-refractivity contribution < 1.29 is 4.79 Å². The summed E-state index contributed by atoms with van der Waals surface area (Å²) in [6.45, 7) is 3.90. The summed E-state index contributed by atoms with van der Waals surface area (Å²) in [7, 11) is 0. The van der Waals surface area contributed by atoms with Gasteiger partial charge in [0.25, 0.3) is 0 Å². The molecule has 1 saturated heterocycles. The maximum atomic E-state index is 11.5. The second kappa shape index (κ2) is 4.49. The molecule has 2 aliphatic rings. The summed E-state index contributed by atoms with van der Waals surface area (Å²) in [4.78, 5) is 16.0. The van der Waals surface area contributed by atoms with E-state index < -0.39 is 0 Å². The van der Waals surface area contributed by atoms with Crippen molar-refractivity contribution in [2.75, 3.05) is 32.1 Å². The minimum atomic E-state index is 0.218. The Balaban J connectivity index is 1.74. The molecule has 0 aromatic heterocycles. The quantitative estimate of drug-likeness (QED) is 0.656. The topological polar surface area (TPSA) is 23.6 Å². The van der Waals surface area contributed by atoms with Gasteiger partial charge in [-0.25, -0.2) is 0 Å². The molecule has 2 rings (SSSR count). The number of carbonyl (C=O) groups excluding carboxylic acids is 1. The van der Waals surface area contributed by atoms with Crippen LogP contribution in [0.5, 0.6) is 0 Å². The number of hydrogen-bond acceptors (Lipinski definition) is 2. The van der Waals surface area contributed by atoms with Gasteiger partial charge in [0, 0.05) is 44.5 Å². The van der Waals surface area contributed by atoms with Gasteiger partial charge in [-0.2, -0.15) is 0 Å². The number of piperazine rings is 1. The van der Waals surface area contributed by atoms with Gasteiger partial charge in [0.15, 0.2) is 0 Å². The van der Waals surface area contributed by atoms with E-state index in [1.165, 1.54) is 12.8 Å². The van der Waals surface area contributed by atoms with Crippen molar-refractivity contribution in [3.8, 4) is 0 Å². The Hall–Kier alpha value is -0.280. The van der Waals surface area contributed by atoms with E-state index in [1.807, 2.05) is 4.90 Å². The molecule has 0 atom stereocenters. The fraction of sp³-hybridized carbons (Fsp3) is 0.900. The summed E-state index contributed by atoms with van der Waals surface area (Å²) in [5.41, 5.74) is 0. The van der Waals surface area contributed by atoms with Crippen LogP contribution in [0.25, 0.3) is 0 Å². The molecule has 1 aliphatic heterocycles. The molecule has 0 unspecified atom stereocenters. The van der Waals surface area contributed by atoms with Crippen LogP contribution in [0.4, 0.5) is 0 Å². The van der Waals surface area contributed by atoms with Crippen molar-refractivity contribution >= 4 is 17.5 Å². The first-order chi connectivity index (χ1) is 6.81. The Bertz CT molecular complexity index is 210. The van der Waals surface area contributed by atoms with Crippen molar-refractivity contribution in [1.82, 2.24) is 9.80 Å². The zero-order valence-corrected chi connectivity index (χ0v) is 9.17. The van der Waals surface area contributed by atoms with Gasteiger partial charge in [0.05, 0.1) is 0 Å². The number of alkyl halides is 1. The maximum Gasteiger partial charge on any atom is 0.223 e. The highest BCUT2D eigenvalue weighted by Gasteiger charge is 2.31. The molecule has 14 heavy (non-hydrogen) atoms. The predicted molar refractivity (Wildman–Crippen MR) is 56.5 cm³/mol. The molecule has 2 fully saturated rings. The van der Waals surface area contributed by atoms with E-state index in [0.29, 0.717) is 12.3 Å². The van der Waals surface area contributed by atoms with Gasteiger partial charge in [0.2, 0.25) is 5.91 Å². The van der Waals surface area contributed by atoms with Crippen LogP contribution in [0.15, 0.2) is 0 Å². The highest BCUT2D eigenvalue weighted by atomic mass is 35.5. The fourth-order valence-corrected chi connectivity index (χ4v) is 2.18. The van der Waals surface area contributed by atoms with E-state index in [9.17, 15) is 4.79 Å². The number of halogens is 1. The first-order valence-electron chi connectivity index (χ1n) is 5.39. The highest BCUT2D eigenvalue weighted by Crippen LogP contribution is 2.27. The molecule has 0 bridgehead atoms. The Morgan fingerprint density at radius 2 is 1.86 bits per heavy atom. The molecule has 1 aliphatic carbocycles. The largest absolute Gasteiger partial charge is 0.340 e. The van der Waals surface area contributed by atoms with E-state index in [1.54, 1.807) is 0 Å². The SMILES string of the molecule is O=C(CCCl)N1CCN(C2CC2)CC1. The van der Waals surface area contributed by atoms with Gasteiger partial charge in [-0.1, -0.05) is 0 Å². The predicted octanol–water partition coefficient (Wildman–Crippen LogP) is 0.922. The average Bonchev–Trinajstić information content (AvgIpc) is 3.02. The lowest BCUT2D eigenvalue weighted by atomic mass is 10.3. The van der Waals surface area contributed by atoms with Crippen LogP contribution >= 0.6 is 11.6 Å². The minimum absolute atomic E-state index is 0.218. The van der Waals surface area contributed by atoms with Gasteiger partial charge in [0.1, 0.15) is 0 Å². The minimum Gasteiger partial charge on any atom is -0.340 e. The fourth-order valence-electron chi connectivity index (χ4n) is 2.02. The monoisotopic (exact) mass is 216 g/mol. The number of amides is 1. The zero-order valence-electron chi connectivity index (χ0n) is 8.41. The van der Waals surface area contributed by atoms with E-state index in [0.717, 1.165) is 32.2 Å². The molecule has 3 nitrogen and oxygen atoms in total. The molecule has 1 amide bonds. The number of nitrogens with zero attached hydrogens (tertiary/aromatic N) is 2. The Labute approximate surface area is 90.0 Å². The second-order valence-corrected chi connectivity index (χ2v) is 4.46. The number of carbonyl (C=O) groups is 1. The van der Waals surface area contributed by atoms with Crippen LogP contribution in [0, 0.1) is 0 Å². The van der Waals surface area contributed by atoms with Crippen LogP contribution in [-0.4, -0.2) is 53.8 Å². The molecule has 4 heteroatoms. The van der Waals surface area contributed by atoms with Crippen molar-refractivity contribution in [3.63, 3.8) is 0 Å². The average molecular weight is 217 g/mol. The van der Waals surface area contributed by atoms with Crippen LogP contribution in [-0.2, 0) is 4.79 Å². The molecule has 1 saturated carbocycles. The summed E-state index contributed by atoms with van der Waals surface area (Å²) in [5.74, 6) is 0.664. The van der Waals surface area contributed by atoms with E-state index in [-0.39, 0.29) is 5.91 Å². The molecule has 0 radical (unpaired) electrons. The van der Waals surface area contributed by atoms with Crippen molar-refractivity contribution in [2.24, 2.45) is 0 Å². The van der Waals surface area contributed by atoms with Gasteiger partial charge in [-0.3, -0.25) is 9.69 Å². The third-order valence-corrected chi connectivity index (χ3v) is 3.23. The Morgan fingerprint density at radius 3 is 2.36 bits per heavy atom. The number of rotatable bonds is 3. The first-order valence-corrected chi connectivity index (χ1v) is 5.92. The molecular formula is C10H17ClN2O. The Kier molecular flexibility index (Phi) is 3.29. The van der Waals surface area contributed by atoms with Gasteiger partial charge in [-0.05, 0) is 12.8 Å². The molecule has 0 N–H and O–H groups in total. The lowest BCUT2D eigenvalue weighted by Crippen LogP contribution is -2.49. The smallest absolute Gasteiger partial charge is 0.223 e. The molecular weight excluding hydrogens is 200 g/mol. The third-order valence-electron chi connectivity index (χ3n) is 3.04. The molecule has 0 aromatic rings. The molecule has 0 aromatic carbocycles. The van der Waals surface area contributed by atoms with Crippen molar-refractivity contribution in [2.45, 2.75) is 25.3 Å². The maximum absolute atomic E-state index is 11.5. The lowest BCUT2D eigenvalue weighted by molar-refractivity contribution is -0.132. The molecule has 1 heterocycles.